The Labute approximate surface area is 383 Å². The zero-order valence-electron chi connectivity index (χ0n) is 37.6. The summed E-state index contributed by atoms with van der Waals surface area (Å²) < 4.78 is 58.8. The summed E-state index contributed by atoms with van der Waals surface area (Å²) in [4.78, 5) is 27.8. The van der Waals surface area contributed by atoms with Gasteiger partial charge in [-0.05, 0) is 50.5 Å². The first-order valence-electron chi connectivity index (χ1n) is 22.5. The van der Waals surface area contributed by atoms with Crippen LogP contribution in [0.2, 0.25) is 0 Å². The van der Waals surface area contributed by atoms with Crippen LogP contribution in [0.25, 0.3) is 33.1 Å². The fourth-order valence-electron chi connectivity index (χ4n) is 10.3. The van der Waals surface area contributed by atoms with Crippen LogP contribution in [0.3, 0.4) is 0 Å². The number of phenolic OH excluding ortho intramolecular Hbond substituents is 3. The van der Waals surface area contributed by atoms with Crippen LogP contribution in [-0.2, 0) is 39.6 Å². The van der Waals surface area contributed by atoms with Gasteiger partial charge in [-0.15, -0.1) is 0 Å². The van der Waals surface area contributed by atoms with Gasteiger partial charge in [0.2, 0.25) is 11.7 Å². The number of hydrogen-bond acceptors (Lipinski definition) is 20. The molecule has 1 aliphatic carbocycles. The Kier molecular flexibility index (Phi) is 12.9. The maximum absolute atomic E-state index is 14.5. The number of esters is 1. The van der Waals surface area contributed by atoms with Crippen molar-refractivity contribution in [1.29, 1.82) is 0 Å². The van der Waals surface area contributed by atoms with Gasteiger partial charge in [0.05, 0.1) is 43.7 Å². The minimum absolute atomic E-state index is 0.0116. The number of methoxy groups -OCH3 is 2. The molecule has 1 aromatic heterocycles. The van der Waals surface area contributed by atoms with Crippen molar-refractivity contribution >= 4 is 27.9 Å². The van der Waals surface area contributed by atoms with E-state index in [0.29, 0.717) is 12.0 Å². The lowest BCUT2D eigenvalue weighted by Gasteiger charge is -2.44. The van der Waals surface area contributed by atoms with Gasteiger partial charge in [0.25, 0.3) is 0 Å². The van der Waals surface area contributed by atoms with Gasteiger partial charge in [-0.3, -0.25) is 4.79 Å². The fraction of sp³-hybridized carbons (Fsp3) is 0.574. The van der Waals surface area contributed by atoms with Crippen molar-refractivity contribution in [2.75, 3.05) is 14.2 Å². The Morgan fingerprint density at radius 2 is 1.37 bits per heavy atom. The molecule has 0 radical (unpaired) electrons. The molecule has 20 heteroatoms. The number of aliphatic hydroxyl groups excluding tert-OH is 5. The molecule has 4 aromatic rings. The standard InChI is InChI=1S/C47H56O20/c1-7-8-20-11-19-12-21-31(39(53)30(19)47(57)63-20)33-34(42(56)37(21)51)45(59-6)46-35(41(33)55)40(54)32-24(65-46)9-10-25(38(32)52)64-27-13-22(48)43(17(3)61-27)66-28-14-23(49)44(18(4)62-28)67-29-15-26(58-5)36(50)16(2)60-29/h9-10,12,16-18,20,22-23,26-29,36-37,42-44,48-53,55-56H,7-8,11,13-15H2,1-6H3. The number of phenols is 3. The van der Waals surface area contributed by atoms with E-state index in [1.54, 1.807) is 20.8 Å². The smallest absolute Gasteiger partial charge is 0.342 e. The summed E-state index contributed by atoms with van der Waals surface area (Å²) >= 11 is 0. The Balaban J connectivity index is 0.960. The van der Waals surface area contributed by atoms with Crippen molar-refractivity contribution in [2.45, 2.75) is 158 Å². The molecule has 0 amide bonds. The zero-order valence-corrected chi connectivity index (χ0v) is 37.6. The lowest BCUT2D eigenvalue weighted by molar-refractivity contribution is -0.331. The molecule has 3 saturated heterocycles. The summed E-state index contributed by atoms with van der Waals surface area (Å²) in [6.45, 7) is 6.97. The molecule has 3 aromatic carbocycles. The van der Waals surface area contributed by atoms with E-state index in [4.69, 9.17) is 47.0 Å². The highest BCUT2D eigenvalue weighted by Gasteiger charge is 2.47. The molecule has 4 aliphatic heterocycles. The van der Waals surface area contributed by atoms with E-state index in [1.807, 2.05) is 6.92 Å². The average Bonchev–Trinajstić information content (AvgIpc) is 3.27. The van der Waals surface area contributed by atoms with E-state index in [2.05, 4.69) is 0 Å². The van der Waals surface area contributed by atoms with Gasteiger partial charge < -0.3 is 87.9 Å². The van der Waals surface area contributed by atoms with Crippen LogP contribution in [-0.4, -0.2) is 141 Å². The van der Waals surface area contributed by atoms with Crippen molar-refractivity contribution in [3.05, 3.63) is 50.7 Å². The van der Waals surface area contributed by atoms with E-state index >= 15 is 0 Å². The van der Waals surface area contributed by atoms with E-state index in [-0.39, 0.29) is 76.2 Å². The number of ether oxygens (including phenoxy) is 9. The maximum Gasteiger partial charge on any atom is 0.342 e. The average molecular weight is 941 g/mol. The van der Waals surface area contributed by atoms with Crippen molar-refractivity contribution < 1.29 is 92.7 Å². The van der Waals surface area contributed by atoms with Crippen LogP contribution >= 0.6 is 0 Å². The predicted octanol–water partition coefficient (Wildman–Crippen LogP) is 3.35. The largest absolute Gasteiger partial charge is 0.506 e. The van der Waals surface area contributed by atoms with Gasteiger partial charge in [0.1, 0.15) is 70.0 Å². The second-order valence-corrected chi connectivity index (χ2v) is 18.0. The molecule has 3 fully saturated rings. The maximum atomic E-state index is 14.5. The molecule has 0 spiro atoms. The molecule has 15 unspecified atom stereocenters. The molecule has 67 heavy (non-hydrogen) atoms. The van der Waals surface area contributed by atoms with E-state index in [0.717, 1.165) is 6.42 Å². The van der Waals surface area contributed by atoms with E-state index in [9.17, 15) is 50.4 Å². The molecule has 20 nitrogen and oxygen atoms in total. The van der Waals surface area contributed by atoms with E-state index in [1.165, 1.54) is 32.4 Å². The number of aliphatic hydroxyl groups is 5. The molecule has 5 aliphatic rings. The predicted molar refractivity (Wildman–Crippen MR) is 231 cm³/mol. The SMILES string of the molecule is CCCC1Cc2cc3c(c(O)c2C(=O)O1)-c1c(c(OC)c2oc4ccc(OC5CC(O)C(OC6CC(O)C(OC7CC(OC)C(O)C(C)O7)C(C)O6)C(C)O5)c(O)c4c(=O)c2c1O)C(O)C3O. The number of carbonyl (C=O) groups is 1. The van der Waals surface area contributed by atoms with Gasteiger partial charge in [0.15, 0.2) is 35.4 Å². The van der Waals surface area contributed by atoms with Crippen LogP contribution in [0.1, 0.15) is 99.1 Å². The molecule has 0 saturated carbocycles. The normalized spacial score (nSPS) is 34.0. The zero-order chi connectivity index (χ0) is 47.9. The number of hydrogen-bond donors (Lipinski definition) is 8. The molecule has 0 bridgehead atoms. The molecule has 15 atom stereocenters. The number of cyclic esters (lactones) is 1. The van der Waals surface area contributed by atoms with Crippen molar-refractivity contribution in [3.63, 3.8) is 0 Å². The summed E-state index contributed by atoms with van der Waals surface area (Å²) in [6, 6.07) is 4.09. The van der Waals surface area contributed by atoms with Crippen molar-refractivity contribution in [3.8, 4) is 39.9 Å². The van der Waals surface area contributed by atoms with Gasteiger partial charge in [-0.25, -0.2) is 4.79 Å². The molecular weight excluding hydrogens is 884 g/mol. The summed E-state index contributed by atoms with van der Waals surface area (Å²) in [7, 11) is 2.70. The summed E-state index contributed by atoms with van der Waals surface area (Å²) in [5.74, 6) is -3.48. The van der Waals surface area contributed by atoms with Gasteiger partial charge >= 0.3 is 5.97 Å². The fourth-order valence-corrected chi connectivity index (χ4v) is 10.3. The minimum atomic E-state index is -1.76. The Bertz CT molecular complexity index is 2590. The first kappa shape index (κ1) is 47.2. The molecule has 5 heterocycles. The van der Waals surface area contributed by atoms with Gasteiger partial charge in [-0.1, -0.05) is 19.4 Å². The third-order valence-electron chi connectivity index (χ3n) is 13.6. The minimum Gasteiger partial charge on any atom is -0.506 e. The van der Waals surface area contributed by atoms with Crippen LogP contribution in [0, 0.1) is 0 Å². The first-order chi connectivity index (χ1) is 31.9. The van der Waals surface area contributed by atoms with E-state index < -0.39 is 132 Å². The number of benzene rings is 3. The number of fused-ring (bicyclic) bond motifs is 6. The Hall–Kier alpha value is -4.84. The molecule has 9 rings (SSSR count). The molecule has 8 N–H and O–H groups in total. The first-order valence-corrected chi connectivity index (χ1v) is 22.5. The van der Waals surface area contributed by atoms with Crippen LogP contribution in [0.4, 0.5) is 0 Å². The lowest BCUT2D eigenvalue weighted by atomic mass is 9.77. The monoisotopic (exact) mass is 940 g/mol. The quantitative estimate of drug-likeness (QED) is 0.0835. The highest BCUT2D eigenvalue weighted by atomic mass is 16.7. The van der Waals surface area contributed by atoms with Crippen molar-refractivity contribution in [1.82, 2.24) is 0 Å². The second kappa shape index (κ2) is 18.2. The third-order valence-corrected chi connectivity index (χ3v) is 13.6. The van der Waals surface area contributed by atoms with Crippen LogP contribution in [0.5, 0.6) is 28.7 Å². The second-order valence-electron chi connectivity index (χ2n) is 18.0. The summed E-state index contributed by atoms with van der Waals surface area (Å²) in [5.41, 5.74) is -2.11. The Morgan fingerprint density at radius 3 is 2.01 bits per heavy atom. The third kappa shape index (κ3) is 8.04. The number of rotatable bonds is 10. The summed E-state index contributed by atoms with van der Waals surface area (Å²) in [5, 5.41) is 90.2. The van der Waals surface area contributed by atoms with Gasteiger partial charge in [0, 0.05) is 49.5 Å². The van der Waals surface area contributed by atoms with Crippen LogP contribution in [0.15, 0.2) is 27.4 Å². The van der Waals surface area contributed by atoms with Crippen LogP contribution < -0.4 is 14.9 Å². The highest BCUT2D eigenvalue weighted by Crippen LogP contribution is 2.58. The van der Waals surface area contributed by atoms with Gasteiger partial charge in [-0.2, -0.15) is 0 Å². The highest BCUT2D eigenvalue weighted by molar-refractivity contribution is 6.07. The molecule has 364 valence electrons. The summed E-state index contributed by atoms with van der Waals surface area (Å²) in [6.07, 6.45) is -12.6. The number of carbonyl (C=O) groups excluding carboxylic acids is 1. The molecular formula is C47H56O20. The van der Waals surface area contributed by atoms with Crippen molar-refractivity contribution in [2.24, 2.45) is 0 Å². The lowest BCUT2D eigenvalue weighted by Crippen LogP contribution is -2.56. The topological polar surface area (TPSA) is 292 Å². The Morgan fingerprint density at radius 1 is 0.731 bits per heavy atom. The number of aromatic hydroxyl groups is 3.